The van der Waals surface area contributed by atoms with Gasteiger partial charge in [-0.1, -0.05) is 19.6 Å². The first kappa shape index (κ1) is 11.4. The molecule has 0 radical (unpaired) electrons. The average molecular weight is 182 g/mol. The van der Waals surface area contributed by atoms with Gasteiger partial charge in [-0.05, 0) is 6.42 Å². The van der Waals surface area contributed by atoms with E-state index in [1.807, 2.05) is 0 Å². The molecule has 0 N–H and O–H groups in total. The van der Waals surface area contributed by atoms with Gasteiger partial charge in [0.05, 0.1) is 8.07 Å². The third-order valence-electron chi connectivity index (χ3n) is 1.37. The van der Waals surface area contributed by atoms with Gasteiger partial charge >= 0.3 is 0 Å². The molecule has 0 aromatic heterocycles. The maximum atomic E-state index is 9.96. The van der Waals surface area contributed by atoms with E-state index in [-0.39, 0.29) is 0 Å². The zero-order valence-corrected chi connectivity index (χ0v) is 9.31. The van der Waals surface area contributed by atoms with Gasteiger partial charge in [0, 0.05) is 18.9 Å². The summed E-state index contributed by atoms with van der Waals surface area (Å²) in [5, 5.41) is 0. The molecule has 0 aliphatic heterocycles. The second-order valence-electron chi connectivity index (χ2n) is 4.15. The van der Waals surface area contributed by atoms with Crippen LogP contribution >= 0.6 is 0 Å². The van der Waals surface area contributed by atoms with Crippen LogP contribution in [0.2, 0.25) is 25.7 Å². The van der Waals surface area contributed by atoms with Gasteiger partial charge in [-0.15, -0.1) is 11.8 Å². The van der Waals surface area contributed by atoms with Crippen molar-refractivity contribution in [1.29, 1.82) is 0 Å². The van der Waals surface area contributed by atoms with Crippen LogP contribution in [0.25, 0.3) is 0 Å². The highest BCUT2D eigenvalue weighted by atomic mass is 28.3. The van der Waals surface area contributed by atoms with Crippen molar-refractivity contribution in [2.24, 2.45) is 0 Å². The Hall–Kier alpha value is -0.553. The first-order valence-corrected chi connectivity index (χ1v) is 8.16. The number of aldehydes is 1. The van der Waals surface area contributed by atoms with Crippen LogP contribution in [-0.2, 0) is 4.79 Å². The Morgan fingerprint density at radius 3 is 2.42 bits per heavy atom. The van der Waals surface area contributed by atoms with E-state index in [1.165, 1.54) is 0 Å². The molecule has 0 amide bonds. The zero-order valence-electron chi connectivity index (χ0n) is 8.31. The van der Waals surface area contributed by atoms with Crippen LogP contribution in [0.1, 0.15) is 19.3 Å². The van der Waals surface area contributed by atoms with Gasteiger partial charge in [-0.3, -0.25) is 0 Å². The predicted octanol–water partition coefficient (Wildman–Crippen LogP) is 2.70. The van der Waals surface area contributed by atoms with Crippen molar-refractivity contribution in [2.45, 2.75) is 44.9 Å². The van der Waals surface area contributed by atoms with Gasteiger partial charge in [-0.25, -0.2) is 0 Å². The van der Waals surface area contributed by atoms with Crippen molar-refractivity contribution in [2.75, 3.05) is 0 Å². The molecular formula is C10H18OSi. The molecule has 1 nitrogen and oxygen atoms in total. The maximum absolute atomic E-state index is 9.96. The summed E-state index contributed by atoms with van der Waals surface area (Å²) in [7, 11) is -0.969. The summed E-state index contributed by atoms with van der Waals surface area (Å²) in [6, 6.07) is 1.08. The lowest BCUT2D eigenvalue weighted by Crippen LogP contribution is -2.17. The molecule has 0 unspecified atom stereocenters. The van der Waals surface area contributed by atoms with E-state index in [2.05, 4.69) is 31.5 Å². The minimum Gasteiger partial charge on any atom is -0.303 e. The van der Waals surface area contributed by atoms with Gasteiger partial charge in [0.25, 0.3) is 0 Å². The lowest BCUT2D eigenvalue weighted by atomic mass is 10.2. The van der Waals surface area contributed by atoms with Gasteiger partial charge in [0.1, 0.15) is 6.29 Å². The van der Waals surface area contributed by atoms with Crippen molar-refractivity contribution in [1.82, 2.24) is 0 Å². The first-order valence-electron chi connectivity index (χ1n) is 4.45. The molecule has 0 saturated heterocycles. The fourth-order valence-corrected chi connectivity index (χ4v) is 1.35. The molecule has 0 heterocycles. The third-order valence-corrected chi connectivity index (χ3v) is 2.60. The Kier molecular flexibility index (Phi) is 5.74. The molecule has 0 atom stereocenters. The molecule has 68 valence electrons. The van der Waals surface area contributed by atoms with Gasteiger partial charge in [-0.2, -0.15) is 0 Å². The number of hydrogen-bond donors (Lipinski definition) is 0. The average Bonchev–Trinajstić information content (AvgIpc) is 1.94. The van der Waals surface area contributed by atoms with Crippen LogP contribution in [-0.4, -0.2) is 14.4 Å². The van der Waals surface area contributed by atoms with Crippen molar-refractivity contribution in [3.63, 3.8) is 0 Å². The number of unbranched alkanes of at least 4 members (excludes halogenated alkanes) is 2. The van der Waals surface area contributed by atoms with Gasteiger partial charge in [0.15, 0.2) is 0 Å². The van der Waals surface area contributed by atoms with E-state index >= 15 is 0 Å². The summed E-state index contributed by atoms with van der Waals surface area (Å²) in [6.45, 7) is 6.94. The van der Waals surface area contributed by atoms with Crippen molar-refractivity contribution < 1.29 is 4.79 Å². The SMILES string of the molecule is C[Si](C)(C)CC#CCCCC=O. The highest BCUT2D eigenvalue weighted by molar-refractivity contribution is 6.76. The van der Waals surface area contributed by atoms with Gasteiger partial charge in [0.2, 0.25) is 0 Å². The number of rotatable bonds is 4. The lowest BCUT2D eigenvalue weighted by molar-refractivity contribution is -0.107. The van der Waals surface area contributed by atoms with Gasteiger partial charge < -0.3 is 4.79 Å². The number of hydrogen-bond acceptors (Lipinski definition) is 1. The normalized spacial score (nSPS) is 10.2. The van der Waals surface area contributed by atoms with Crippen LogP contribution < -0.4 is 0 Å². The van der Waals surface area contributed by atoms with Crippen molar-refractivity contribution in [3.05, 3.63) is 0 Å². The smallest absolute Gasteiger partial charge is 0.120 e. The molecule has 0 aliphatic rings. The quantitative estimate of drug-likeness (QED) is 0.283. The standard InChI is InChI=1S/C10H18OSi/c1-12(2,3)10-8-6-4-5-7-9-11/h9H,4-5,7,10H2,1-3H3. The number of carbonyl (C=O) groups is 1. The Morgan fingerprint density at radius 1 is 1.25 bits per heavy atom. The molecule has 0 fully saturated rings. The van der Waals surface area contributed by atoms with E-state index in [4.69, 9.17) is 0 Å². The first-order chi connectivity index (χ1) is 5.56. The molecular weight excluding hydrogens is 164 g/mol. The summed E-state index contributed by atoms with van der Waals surface area (Å²) in [5.74, 6) is 6.28. The number of carbonyl (C=O) groups excluding carboxylic acids is 1. The summed E-state index contributed by atoms with van der Waals surface area (Å²) in [4.78, 5) is 9.96. The Bertz CT molecular complexity index is 180. The van der Waals surface area contributed by atoms with E-state index in [0.717, 1.165) is 25.2 Å². The molecule has 0 aromatic rings. The molecule has 0 saturated carbocycles. The Balaban J connectivity index is 3.41. The predicted molar refractivity (Wildman–Crippen MR) is 55.8 cm³/mol. The lowest BCUT2D eigenvalue weighted by Gasteiger charge is -2.09. The fraction of sp³-hybridized carbons (Fsp3) is 0.700. The van der Waals surface area contributed by atoms with E-state index in [1.54, 1.807) is 0 Å². The Labute approximate surface area is 76.6 Å². The summed E-state index contributed by atoms with van der Waals surface area (Å²) in [5.41, 5.74) is 0. The summed E-state index contributed by atoms with van der Waals surface area (Å²) in [6.07, 6.45) is 3.41. The van der Waals surface area contributed by atoms with Crippen molar-refractivity contribution in [3.8, 4) is 11.8 Å². The summed E-state index contributed by atoms with van der Waals surface area (Å²) < 4.78 is 0. The minimum absolute atomic E-state index is 0.654. The topological polar surface area (TPSA) is 17.1 Å². The van der Waals surface area contributed by atoms with Crippen LogP contribution in [0.15, 0.2) is 0 Å². The monoisotopic (exact) mass is 182 g/mol. The molecule has 0 aromatic carbocycles. The van der Waals surface area contributed by atoms with Crippen LogP contribution in [0.5, 0.6) is 0 Å². The van der Waals surface area contributed by atoms with Crippen LogP contribution in [0, 0.1) is 11.8 Å². The molecule has 0 aliphatic carbocycles. The van der Waals surface area contributed by atoms with Crippen LogP contribution in [0.4, 0.5) is 0 Å². The highest BCUT2D eigenvalue weighted by Gasteiger charge is 2.09. The molecule has 0 spiro atoms. The largest absolute Gasteiger partial charge is 0.303 e. The van der Waals surface area contributed by atoms with E-state index < -0.39 is 8.07 Å². The molecule has 0 bridgehead atoms. The van der Waals surface area contributed by atoms with E-state index in [9.17, 15) is 4.79 Å². The third kappa shape index (κ3) is 9.45. The van der Waals surface area contributed by atoms with E-state index in [0.29, 0.717) is 6.42 Å². The fourth-order valence-electron chi connectivity index (χ4n) is 0.690. The van der Waals surface area contributed by atoms with Crippen LogP contribution in [0.3, 0.4) is 0 Å². The summed E-state index contributed by atoms with van der Waals surface area (Å²) >= 11 is 0. The zero-order chi connectivity index (χ0) is 9.45. The van der Waals surface area contributed by atoms with Crippen molar-refractivity contribution >= 4 is 14.4 Å². The Morgan fingerprint density at radius 2 is 1.92 bits per heavy atom. The molecule has 12 heavy (non-hydrogen) atoms. The highest BCUT2D eigenvalue weighted by Crippen LogP contribution is 2.05. The second-order valence-corrected chi connectivity index (χ2v) is 9.62. The minimum atomic E-state index is -0.969. The maximum Gasteiger partial charge on any atom is 0.120 e. The second kappa shape index (κ2) is 6.02. The molecule has 0 rings (SSSR count). The molecule has 2 heteroatoms.